The summed E-state index contributed by atoms with van der Waals surface area (Å²) in [4.78, 5) is 26.2. The molecule has 2 aromatic heterocycles. The smallest absolute Gasteiger partial charge is 0.254 e. The first kappa shape index (κ1) is 16.3. The van der Waals surface area contributed by atoms with Crippen LogP contribution in [0.5, 0.6) is 11.5 Å². The van der Waals surface area contributed by atoms with Crippen LogP contribution in [0, 0.1) is 0 Å². The molecule has 4 rings (SSSR count). The highest BCUT2D eigenvalue weighted by molar-refractivity contribution is 5.49. The van der Waals surface area contributed by atoms with Gasteiger partial charge in [-0.3, -0.25) is 14.7 Å². The van der Waals surface area contributed by atoms with Crippen LogP contribution in [0.1, 0.15) is 16.8 Å². The van der Waals surface area contributed by atoms with E-state index in [0.717, 1.165) is 5.69 Å². The Morgan fingerprint density at radius 2 is 2.08 bits per heavy atom. The molecule has 0 radical (unpaired) electrons. The second kappa shape index (κ2) is 6.61. The van der Waals surface area contributed by atoms with Gasteiger partial charge in [-0.05, 0) is 36.8 Å². The Bertz CT molecular complexity index is 1000. The number of nitrogens with zero attached hydrogens (tertiary/aromatic N) is 3. The van der Waals surface area contributed by atoms with Gasteiger partial charge in [-0.1, -0.05) is 6.07 Å². The van der Waals surface area contributed by atoms with Crippen molar-refractivity contribution in [1.29, 1.82) is 0 Å². The van der Waals surface area contributed by atoms with Crippen LogP contribution < -0.4 is 5.56 Å². The SMILES string of the molecule is O=c1[nH]c(-c2ccccn2)nc2c1CCN(Cc1cc(O)ccc1O)C2. The topological polar surface area (TPSA) is 102 Å². The van der Waals surface area contributed by atoms with Gasteiger partial charge in [-0.2, -0.15) is 0 Å². The third kappa shape index (κ3) is 3.16. The summed E-state index contributed by atoms with van der Waals surface area (Å²) in [5.74, 6) is 0.709. The fourth-order valence-electron chi connectivity index (χ4n) is 3.19. The lowest BCUT2D eigenvalue weighted by Gasteiger charge is -2.28. The van der Waals surface area contributed by atoms with Crippen molar-refractivity contribution in [1.82, 2.24) is 19.9 Å². The number of hydrogen-bond acceptors (Lipinski definition) is 6. The molecule has 3 N–H and O–H groups in total. The molecular formula is C19H18N4O3. The second-order valence-corrected chi connectivity index (χ2v) is 6.33. The maximum atomic E-state index is 12.4. The molecule has 132 valence electrons. The van der Waals surface area contributed by atoms with E-state index < -0.39 is 0 Å². The molecule has 7 heteroatoms. The number of nitrogens with one attached hydrogen (secondary N) is 1. The molecule has 3 heterocycles. The zero-order valence-electron chi connectivity index (χ0n) is 14.0. The number of phenols is 2. The number of rotatable bonds is 3. The molecule has 26 heavy (non-hydrogen) atoms. The maximum absolute atomic E-state index is 12.4. The van der Waals surface area contributed by atoms with Crippen molar-refractivity contribution in [2.75, 3.05) is 6.54 Å². The minimum atomic E-state index is -0.129. The number of H-pyrrole nitrogens is 1. The minimum Gasteiger partial charge on any atom is -0.508 e. The summed E-state index contributed by atoms with van der Waals surface area (Å²) in [5.41, 5.74) is 2.55. The minimum absolute atomic E-state index is 0.113. The zero-order valence-corrected chi connectivity index (χ0v) is 14.0. The lowest BCUT2D eigenvalue weighted by Crippen LogP contribution is -2.35. The van der Waals surface area contributed by atoms with Gasteiger partial charge in [0.05, 0.1) is 5.69 Å². The van der Waals surface area contributed by atoms with Gasteiger partial charge in [0.1, 0.15) is 17.2 Å². The van der Waals surface area contributed by atoms with Crippen LogP contribution in [0.4, 0.5) is 0 Å². The molecule has 0 atom stereocenters. The van der Waals surface area contributed by atoms with Gasteiger partial charge in [0.25, 0.3) is 5.56 Å². The van der Waals surface area contributed by atoms with Gasteiger partial charge in [0.15, 0.2) is 5.82 Å². The predicted molar refractivity (Wildman–Crippen MR) is 95.7 cm³/mol. The monoisotopic (exact) mass is 350 g/mol. The van der Waals surface area contributed by atoms with E-state index in [0.29, 0.717) is 48.7 Å². The number of hydrogen-bond donors (Lipinski definition) is 3. The number of aromatic amines is 1. The number of fused-ring (bicyclic) bond motifs is 1. The summed E-state index contributed by atoms with van der Waals surface area (Å²) in [7, 11) is 0. The number of phenolic OH excluding ortho intramolecular Hbond substituents is 2. The van der Waals surface area contributed by atoms with Crippen molar-refractivity contribution < 1.29 is 10.2 Å². The molecule has 1 aromatic carbocycles. The van der Waals surface area contributed by atoms with Crippen LogP contribution in [0.25, 0.3) is 11.5 Å². The Balaban J connectivity index is 1.62. The Labute approximate surface area is 149 Å². The fraction of sp³-hybridized carbons (Fsp3) is 0.211. The largest absolute Gasteiger partial charge is 0.508 e. The van der Waals surface area contributed by atoms with Crippen molar-refractivity contribution in [3.63, 3.8) is 0 Å². The van der Waals surface area contributed by atoms with Gasteiger partial charge >= 0.3 is 0 Å². The predicted octanol–water partition coefficient (Wildman–Crippen LogP) is 1.80. The summed E-state index contributed by atoms with van der Waals surface area (Å²) in [6.07, 6.45) is 2.24. The first-order valence-electron chi connectivity index (χ1n) is 8.37. The van der Waals surface area contributed by atoms with E-state index in [4.69, 9.17) is 0 Å². The quantitative estimate of drug-likeness (QED) is 0.623. The molecular weight excluding hydrogens is 332 g/mol. The van der Waals surface area contributed by atoms with Crippen molar-refractivity contribution in [3.8, 4) is 23.0 Å². The third-order valence-electron chi connectivity index (χ3n) is 4.52. The van der Waals surface area contributed by atoms with Crippen LogP contribution in [0.15, 0.2) is 47.4 Å². The van der Waals surface area contributed by atoms with Crippen LogP contribution >= 0.6 is 0 Å². The molecule has 1 aliphatic rings. The van der Waals surface area contributed by atoms with E-state index >= 15 is 0 Å². The number of pyridine rings is 1. The van der Waals surface area contributed by atoms with Crippen molar-refractivity contribution in [2.24, 2.45) is 0 Å². The average Bonchev–Trinajstić information content (AvgIpc) is 2.65. The summed E-state index contributed by atoms with van der Waals surface area (Å²) in [5, 5.41) is 19.6. The van der Waals surface area contributed by atoms with E-state index in [-0.39, 0.29) is 17.1 Å². The lowest BCUT2D eigenvalue weighted by molar-refractivity contribution is 0.237. The summed E-state index contributed by atoms with van der Waals surface area (Å²) >= 11 is 0. The van der Waals surface area contributed by atoms with Crippen molar-refractivity contribution >= 4 is 0 Å². The molecule has 1 aliphatic heterocycles. The van der Waals surface area contributed by atoms with Crippen LogP contribution in [0.2, 0.25) is 0 Å². The Morgan fingerprint density at radius 3 is 2.88 bits per heavy atom. The molecule has 0 amide bonds. The first-order valence-corrected chi connectivity index (χ1v) is 8.37. The summed E-state index contributed by atoms with van der Waals surface area (Å²) in [6.45, 7) is 1.64. The Hall–Kier alpha value is -3.19. The molecule has 0 unspecified atom stereocenters. The number of benzene rings is 1. The third-order valence-corrected chi connectivity index (χ3v) is 4.52. The second-order valence-electron chi connectivity index (χ2n) is 6.33. The van der Waals surface area contributed by atoms with Crippen LogP contribution in [-0.4, -0.2) is 36.6 Å². The molecule has 7 nitrogen and oxygen atoms in total. The van der Waals surface area contributed by atoms with E-state index in [1.54, 1.807) is 18.3 Å². The van der Waals surface area contributed by atoms with Crippen molar-refractivity contribution in [2.45, 2.75) is 19.5 Å². The van der Waals surface area contributed by atoms with E-state index in [1.165, 1.54) is 12.1 Å². The van der Waals surface area contributed by atoms with E-state index in [1.807, 2.05) is 12.1 Å². The first-order chi connectivity index (χ1) is 12.6. The molecule has 0 bridgehead atoms. The van der Waals surface area contributed by atoms with Crippen LogP contribution in [0.3, 0.4) is 0 Å². The highest BCUT2D eigenvalue weighted by Crippen LogP contribution is 2.25. The highest BCUT2D eigenvalue weighted by Gasteiger charge is 2.22. The summed E-state index contributed by atoms with van der Waals surface area (Å²) in [6, 6.07) is 9.93. The standard InChI is InChI=1S/C19H18N4O3/c24-13-4-5-17(25)12(9-13)10-23-8-6-14-16(11-23)21-18(22-19(14)26)15-3-1-2-7-20-15/h1-5,7,9,24-25H,6,8,10-11H2,(H,21,22,26). The van der Waals surface area contributed by atoms with Gasteiger partial charge < -0.3 is 15.2 Å². The molecule has 0 fully saturated rings. The molecule has 0 spiro atoms. The molecule has 0 aliphatic carbocycles. The highest BCUT2D eigenvalue weighted by atomic mass is 16.3. The van der Waals surface area contributed by atoms with Gasteiger partial charge in [-0.25, -0.2) is 4.98 Å². The van der Waals surface area contributed by atoms with Gasteiger partial charge in [0, 0.05) is 37.0 Å². The van der Waals surface area contributed by atoms with Crippen molar-refractivity contribution in [3.05, 3.63) is 69.8 Å². The fourth-order valence-corrected chi connectivity index (χ4v) is 3.19. The summed E-state index contributed by atoms with van der Waals surface area (Å²) < 4.78 is 0. The van der Waals surface area contributed by atoms with E-state index in [9.17, 15) is 15.0 Å². The maximum Gasteiger partial charge on any atom is 0.254 e. The zero-order chi connectivity index (χ0) is 18.1. The molecule has 0 saturated heterocycles. The number of aromatic nitrogens is 3. The van der Waals surface area contributed by atoms with E-state index in [2.05, 4.69) is 19.9 Å². The average molecular weight is 350 g/mol. The Morgan fingerprint density at radius 1 is 1.19 bits per heavy atom. The van der Waals surface area contributed by atoms with Gasteiger partial charge in [0.2, 0.25) is 0 Å². The molecule has 3 aromatic rings. The molecule has 0 saturated carbocycles. The number of aromatic hydroxyl groups is 2. The Kier molecular flexibility index (Phi) is 4.14. The van der Waals surface area contributed by atoms with Gasteiger partial charge in [-0.15, -0.1) is 0 Å². The van der Waals surface area contributed by atoms with Crippen LogP contribution in [-0.2, 0) is 19.5 Å². The normalized spacial score (nSPS) is 14.2. The lowest BCUT2D eigenvalue weighted by atomic mass is 10.0.